The van der Waals surface area contributed by atoms with Gasteiger partial charge in [0.1, 0.15) is 0 Å². The summed E-state index contributed by atoms with van der Waals surface area (Å²) in [6, 6.07) is 0.351. The SMILES string of the molecule is COCCOCCCOCC(CO)(NC(C)C)C1CC1. The van der Waals surface area contributed by atoms with Crippen LogP contribution in [0.15, 0.2) is 0 Å². The second-order valence-corrected chi connectivity index (χ2v) is 5.90. The molecule has 0 amide bonds. The van der Waals surface area contributed by atoms with Crippen LogP contribution < -0.4 is 5.32 Å². The lowest BCUT2D eigenvalue weighted by molar-refractivity contribution is 0.00672. The van der Waals surface area contributed by atoms with E-state index in [1.807, 2.05) is 0 Å². The minimum Gasteiger partial charge on any atom is -0.394 e. The lowest BCUT2D eigenvalue weighted by atomic mass is 9.94. The van der Waals surface area contributed by atoms with E-state index in [1.165, 1.54) is 12.8 Å². The molecule has 0 radical (unpaired) electrons. The fourth-order valence-electron chi connectivity index (χ4n) is 2.47. The number of aliphatic hydroxyl groups is 1. The van der Waals surface area contributed by atoms with Gasteiger partial charge >= 0.3 is 0 Å². The molecule has 0 bridgehead atoms. The van der Waals surface area contributed by atoms with E-state index in [4.69, 9.17) is 14.2 Å². The van der Waals surface area contributed by atoms with Gasteiger partial charge in [0, 0.05) is 26.4 Å². The highest BCUT2D eigenvalue weighted by Crippen LogP contribution is 2.40. The average molecular weight is 289 g/mol. The zero-order valence-corrected chi connectivity index (χ0v) is 13.2. The molecule has 0 aliphatic heterocycles. The summed E-state index contributed by atoms with van der Waals surface area (Å²) < 4.78 is 16.1. The maximum atomic E-state index is 9.75. The van der Waals surface area contributed by atoms with E-state index in [-0.39, 0.29) is 12.1 Å². The third kappa shape index (κ3) is 6.50. The first-order valence-corrected chi connectivity index (χ1v) is 7.67. The van der Waals surface area contributed by atoms with Crippen LogP contribution in [-0.2, 0) is 14.2 Å². The number of ether oxygens (including phenoxy) is 3. The van der Waals surface area contributed by atoms with Crippen LogP contribution in [0.5, 0.6) is 0 Å². The first-order chi connectivity index (χ1) is 9.64. The molecule has 1 rings (SSSR count). The summed E-state index contributed by atoms with van der Waals surface area (Å²) >= 11 is 0. The maximum absolute atomic E-state index is 9.75. The van der Waals surface area contributed by atoms with E-state index in [0.29, 0.717) is 45.0 Å². The second kappa shape index (κ2) is 9.68. The molecule has 5 heteroatoms. The fraction of sp³-hybridized carbons (Fsp3) is 1.00. The summed E-state index contributed by atoms with van der Waals surface area (Å²) in [5.74, 6) is 0.549. The van der Waals surface area contributed by atoms with Crippen LogP contribution in [0, 0.1) is 5.92 Å². The lowest BCUT2D eigenvalue weighted by Gasteiger charge is -2.35. The Hall–Kier alpha value is -0.200. The molecular weight excluding hydrogens is 258 g/mol. The van der Waals surface area contributed by atoms with Crippen molar-refractivity contribution < 1.29 is 19.3 Å². The summed E-state index contributed by atoms with van der Waals surface area (Å²) in [5.41, 5.74) is -0.259. The predicted molar refractivity (Wildman–Crippen MR) is 78.9 cm³/mol. The average Bonchev–Trinajstić information content (AvgIpc) is 3.24. The molecule has 2 N–H and O–H groups in total. The van der Waals surface area contributed by atoms with Crippen molar-refractivity contribution in [3.05, 3.63) is 0 Å². The topological polar surface area (TPSA) is 60.0 Å². The fourth-order valence-corrected chi connectivity index (χ4v) is 2.47. The highest BCUT2D eigenvalue weighted by Gasteiger charge is 2.45. The smallest absolute Gasteiger partial charge is 0.0700 e. The van der Waals surface area contributed by atoms with Crippen molar-refractivity contribution >= 4 is 0 Å². The molecule has 0 aromatic rings. The van der Waals surface area contributed by atoms with Gasteiger partial charge in [-0.25, -0.2) is 0 Å². The third-order valence-electron chi connectivity index (χ3n) is 3.59. The molecule has 1 saturated carbocycles. The Labute approximate surface area is 123 Å². The third-order valence-corrected chi connectivity index (χ3v) is 3.59. The maximum Gasteiger partial charge on any atom is 0.0700 e. The molecular formula is C15H31NO4. The van der Waals surface area contributed by atoms with Crippen LogP contribution in [0.1, 0.15) is 33.1 Å². The summed E-state index contributed by atoms with van der Waals surface area (Å²) in [7, 11) is 1.67. The van der Waals surface area contributed by atoms with Gasteiger partial charge in [-0.3, -0.25) is 0 Å². The minimum atomic E-state index is -0.259. The van der Waals surface area contributed by atoms with Crippen LogP contribution in [0.4, 0.5) is 0 Å². The van der Waals surface area contributed by atoms with E-state index in [9.17, 15) is 5.11 Å². The first-order valence-electron chi connectivity index (χ1n) is 7.67. The Bertz CT molecular complexity index is 246. The minimum absolute atomic E-state index is 0.139. The molecule has 0 saturated heterocycles. The van der Waals surface area contributed by atoms with Crippen molar-refractivity contribution in [1.29, 1.82) is 0 Å². The van der Waals surface area contributed by atoms with Crippen molar-refractivity contribution in [2.75, 3.05) is 46.8 Å². The molecule has 0 aromatic heterocycles. The van der Waals surface area contributed by atoms with Gasteiger partial charge in [-0.05, 0) is 25.2 Å². The number of nitrogens with one attached hydrogen (secondary N) is 1. The number of hydrogen-bond acceptors (Lipinski definition) is 5. The van der Waals surface area contributed by atoms with E-state index >= 15 is 0 Å². The molecule has 1 aliphatic rings. The number of aliphatic hydroxyl groups excluding tert-OH is 1. The van der Waals surface area contributed by atoms with Crippen LogP contribution >= 0.6 is 0 Å². The second-order valence-electron chi connectivity index (χ2n) is 5.90. The summed E-state index contributed by atoms with van der Waals surface area (Å²) in [5, 5.41) is 13.3. The van der Waals surface area contributed by atoms with Crippen molar-refractivity contribution in [3.8, 4) is 0 Å². The van der Waals surface area contributed by atoms with Crippen molar-refractivity contribution in [1.82, 2.24) is 5.32 Å². The summed E-state index contributed by atoms with van der Waals surface area (Å²) in [6.45, 7) is 7.55. The monoisotopic (exact) mass is 289 g/mol. The number of rotatable bonds is 13. The normalized spacial score (nSPS) is 18.4. The zero-order chi connectivity index (χ0) is 14.8. The molecule has 1 fully saturated rings. The zero-order valence-electron chi connectivity index (χ0n) is 13.2. The first kappa shape index (κ1) is 17.9. The molecule has 1 atom stereocenters. The van der Waals surface area contributed by atoms with E-state index < -0.39 is 0 Å². The lowest BCUT2D eigenvalue weighted by Crippen LogP contribution is -2.56. The van der Waals surface area contributed by atoms with Gasteiger partial charge in [-0.2, -0.15) is 0 Å². The van der Waals surface area contributed by atoms with Crippen LogP contribution in [-0.4, -0.2) is 63.4 Å². The molecule has 20 heavy (non-hydrogen) atoms. The Morgan fingerprint density at radius 1 is 1.15 bits per heavy atom. The van der Waals surface area contributed by atoms with Crippen LogP contribution in [0.2, 0.25) is 0 Å². The van der Waals surface area contributed by atoms with Gasteiger partial charge in [-0.15, -0.1) is 0 Å². The standard InChI is InChI=1S/C15H31NO4/c1-13(2)16-15(11-17,14-5-6-14)12-20-8-4-7-19-10-9-18-3/h13-14,16-17H,4-12H2,1-3H3. The van der Waals surface area contributed by atoms with Gasteiger partial charge in [0.25, 0.3) is 0 Å². The predicted octanol–water partition coefficient (Wildman–Crippen LogP) is 1.20. The van der Waals surface area contributed by atoms with Crippen LogP contribution in [0.25, 0.3) is 0 Å². The van der Waals surface area contributed by atoms with E-state index in [0.717, 1.165) is 6.42 Å². The largest absolute Gasteiger partial charge is 0.394 e. The molecule has 1 aliphatic carbocycles. The van der Waals surface area contributed by atoms with E-state index in [1.54, 1.807) is 7.11 Å². The van der Waals surface area contributed by atoms with Gasteiger partial charge in [0.15, 0.2) is 0 Å². The highest BCUT2D eigenvalue weighted by molar-refractivity contribution is 5.01. The number of methoxy groups -OCH3 is 1. The quantitative estimate of drug-likeness (QED) is 0.499. The number of hydrogen-bond donors (Lipinski definition) is 2. The summed E-state index contributed by atoms with van der Waals surface area (Å²) in [4.78, 5) is 0. The van der Waals surface area contributed by atoms with Gasteiger partial charge in [-0.1, -0.05) is 13.8 Å². The Morgan fingerprint density at radius 2 is 1.85 bits per heavy atom. The Morgan fingerprint density at radius 3 is 2.40 bits per heavy atom. The molecule has 0 aromatic carbocycles. The van der Waals surface area contributed by atoms with Gasteiger partial charge < -0.3 is 24.6 Å². The molecule has 5 nitrogen and oxygen atoms in total. The van der Waals surface area contributed by atoms with Crippen molar-refractivity contribution in [3.63, 3.8) is 0 Å². The summed E-state index contributed by atoms with van der Waals surface area (Å²) in [6.07, 6.45) is 3.24. The van der Waals surface area contributed by atoms with E-state index in [2.05, 4.69) is 19.2 Å². The van der Waals surface area contributed by atoms with Crippen LogP contribution in [0.3, 0.4) is 0 Å². The molecule has 1 unspecified atom stereocenters. The highest BCUT2D eigenvalue weighted by atomic mass is 16.5. The van der Waals surface area contributed by atoms with Crippen molar-refractivity contribution in [2.24, 2.45) is 5.92 Å². The van der Waals surface area contributed by atoms with Crippen molar-refractivity contribution in [2.45, 2.75) is 44.7 Å². The molecule has 120 valence electrons. The Balaban J connectivity index is 2.15. The van der Waals surface area contributed by atoms with Gasteiger partial charge in [0.05, 0.1) is 32.0 Å². The Kier molecular flexibility index (Phi) is 8.64. The van der Waals surface area contributed by atoms with Gasteiger partial charge in [0.2, 0.25) is 0 Å². The molecule has 0 spiro atoms. The molecule has 0 heterocycles.